The predicted molar refractivity (Wildman–Crippen MR) is 192 cm³/mol. The molecule has 0 saturated carbocycles. The van der Waals surface area contributed by atoms with Gasteiger partial charge in [-0.2, -0.15) is 0 Å². The number of rotatable bonds is 10. The lowest BCUT2D eigenvalue weighted by atomic mass is 9.79. The van der Waals surface area contributed by atoms with E-state index in [4.69, 9.17) is 47.4 Å². The molecule has 0 atom stereocenters. The summed E-state index contributed by atoms with van der Waals surface area (Å²) < 4.78 is 16.4. The monoisotopic (exact) mass is 715 g/mol. The number of hydrogen-bond acceptors (Lipinski definition) is 9. The van der Waals surface area contributed by atoms with Gasteiger partial charge in [-0.3, -0.25) is 24.4 Å². The smallest absolute Gasteiger partial charge is 0.306 e. The maximum absolute atomic E-state index is 11.8. The van der Waals surface area contributed by atoms with Crippen molar-refractivity contribution in [2.75, 3.05) is 54.1 Å². The number of amides is 1. The van der Waals surface area contributed by atoms with Crippen LogP contribution in [0.1, 0.15) is 29.5 Å². The first kappa shape index (κ1) is 34.2. The number of carbonyl (C=O) groups excluding carboxylic acids is 2. The molecule has 0 aliphatic carbocycles. The van der Waals surface area contributed by atoms with Crippen molar-refractivity contribution >= 4 is 35.1 Å². The topological polar surface area (TPSA) is 106 Å². The standard InChI is InChI=1S/C38H39Cl2N5O5/c1-48-31-16-25(15-23-10-13-44(19-29(23)31)14-11-33(47)49-2)36-35(40)27(9-12-41-36)26-5-4-6-28(34(26)39)30-8-7-24(37(43-30)50-3)18-45-21-38(22-45)17-32(46)42-20-38/h4-9,12,15-16H,10-11,13-14,17-22H2,1-3H3,(H,42,46). The summed E-state index contributed by atoms with van der Waals surface area (Å²) in [6, 6.07) is 15.8. The number of hydrogen-bond donors (Lipinski definition) is 1. The van der Waals surface area contributed by atoms with Gasteiger partial charge < -0.3 is 19.5 Å². The minimum atomic E-state index is -0.216. The number of carbonyl (C=O) groups is 2. The lowest BCUT2D eigenvalue weighted by molar-refractivity contribution is -0.141. The van der Waals surface area contributed by atoms with Crippen molar-refractivity contribution in [1.82, 2.24) is 25.1 Å². The molecule has 4 aromatic rings. The fraction of sp³-hybridized carbons (Fsp3) is 0.368. The second-order valence-corrected chi connectivity index (χ2v) is 14.1. The number of benzene rings is 2. The summed E-state index contributed by atoms with van der Waals surface area (Å²) in [5.74, 6) is 1.22. The Balaban J connectivity index is 1.14. The van der Waals surface area contributed by atoms with Crippen molar-refractivity contribution < 1.29 is 23.8 Å². The molecule has 5 heterocycles. The number of methoxy groups -OCH3 is 3. The number of pyridine rings is 2. The Morgan fingerprint density at radius 1 is 0.980 bits per heavy atom. The lowest BCUT2D eigenvalue weighted by Crippen LogP contribution is -2.56. The highest BCUT2D eigenvalue weighted by Gasteiger charge is 2.48. The zero-order valence-corrected chi connectivity index (χ0v) is 29.9. The van der Waals surface area contributed by atoms with Crippen LogP contribution in [0, 0.1) is 5.41 Å². The Kier molecular flexibility index (Phi) is 9.72. The molecule has 50 heavy (non-hydrogen) atoms. The molecule has 7 rings (SSSR count). The van der Waals surface area contributed by atoms with Crippen LogP contribution in [-0.2, 0) is 33.8 Å². The summed E-state index contributed by atoms with van der Waals surface area (Å²) in [5, 5.41) is 3.96. The highest BCUT2D eigenvalue weighted by molar-refractivity contribution is 6.39. The molecule has 1 N–H and O–H groups in total. The second-order valence-electron chi connectivity index (χ2n) is 13.3. The third-order valence-corrected chi connectivity index (χ3v) is 10.8. The number of nitrogens with one attached hydrogen (secondary N) is 1. The van der Waals surface area contributed by atoms with E-state index < -0.39 is 0 Å². The molecule has 0 bridgehead atoms. The molecule has 1 amide bonds. The maximum atomic E-state index is 11.8. The number of esters is 1. The second kappa shape index (κ2) is 14.2. The molecule has 0 unspecified atom stereocenters. The van der Waals surface area contributed by atoms with Gasteiger partial charge in [0.05, 0.1) is 49.2 Å². The van der Waals surface area contributed by atoms with E-state index in [1.807, 2.05) is 42.5 Å². The summed E-state index contributed by atoms with van der Waals surface area (Å²) in [4.78, 5) is 37.6. The van der Waals surface area contributed by atoms with Crippen LogP contribution in [-0.4, -0.2) is 85.7 Å². The number of halogens is 2. The first-order valence-corrected chi connectivity index (χ1v) is 17.4. The molecule has 12 heteroatoms. The van der Waals surface area contributed by atoms with Crippen molar-refractivity contribution in [3.8, 4) is 45.3 Å². The highest BCUT2D eigenvalue weighted by atomic mass is 35.5. The van der Waals surface area contributed by atoms with E-state index in [9.17, 15) is 9.59 Å². The van der Waals surface area contributed by atoms with Gasteiger partial charge in [-0.15, -0.1) is 0 Å². The molecule has 0 radical (unpaired) electrons. The minimum absolute atomic E-state index is 0.0569. The Labute approximate surface area is 301 Å². The van der Waals surface area contributed by atoms with Gasteiger partial charge in [0.1, 0.15) is 5.75 Å². The molecule has 2 saturated heterocycles. The van der Waals surface area contributed by atoms with Gasteiger partial charge >= 0.3 is 5.97 Å². The van der Waals surface area contributed by atoms with Gasteiger partial charge in [-0.05, 0) is 36.2 Å². The Bertz CT molecular complexity index is 1950. The third-order valence-electron chi connectivity index (χ3n) is 10.0. The molecule has 2 aromatic carbocycles. The zero-order chi connectivity index (χ0) is 35.0. The highest BCUT2D eigenvalue weighted by Crippen LogP contribution is 2.44. The van der Waals surface area contributed by atoms with Gasteiger partial charge in [0.2, 0.25) is 11.8 Å². The van der Waals surface area contributed by atoms with Gasteiger partial charge in [-0.1, -0.05) is 47.5 Å². The number of ether oxygens (including phenoxy) is 3. The Hall–Kier alpha value is -4.22. The quantitative estimate of drug-likeness (QED) is 0.197. The third kappa shape index (κ3) is 6.65. The summed E-state index contributed by atoms with van der Waals surface area (Å²) in [6.45, 7) is 5.30. The van der Waals surface area contributed by atoms with Crippen LogP contribution in [0.2, 0.25) is 10.0 Å². The fourth-order valence-corrected chi connectivity index (χ4v) is 8.13. The van der Waals surface area contributed by atoms with Crippen LogP contribution < -0.4 is 14.8 Å². The Morgan fingerprint density at radius 2 is 1.78 bits per heavy atom. The minimum Gasteiger partial charge on any atom is -0.496 e. The number of fused-ring (bicyclic) bond motifs is 1. The molecule has 2 fully saturated rings. The molecule has 10 nitrogen and oxygen atoms in total. The first-order valence-electron chi connectivity index (χ1n) is 16.7. The molecule has 1 spiro atoms. The fourth-order valence-electron chi connectivity index (χ4n) is 7.49. The summed E-state index contributed by atoms with van der Waals surface area (Å²) in [7, 11) is 4.70. The van der Waals surface area contributed by atoms with Crippen LogP contribution in [0.15, 0.2) is 54.7 Å². The van der Waals surface area contributed by atoms with Crippen LogP contribution in [0.4, 0.5) is 0 Å². The molecule has 260 valence electrons. The van der Waals surface area contributed by atoms with E-state index in [0.717, 1.165) is 71.7 Å². The zero-order valence-electron chi connectivity index (χ0n) is 28.4. The SMILES string of the molecule is COC(=O)CCN1CCc2cc(-c3nccc(-c4cccc(-c5ccc(CN6CC7(CNC(=O)C7)C6)c(OC)n5)c4Cl)c3Cl)cc(OC)c2C1. The number of nitrogens with zero attached hydrogens (tertiary/aromatic N) is 4. The molecular formula is C38H39Cl2N5O5. The average molecular weight is 717 g/mol. The van der Waals surface area contributed by atoms with E-state index in [1.165, 1.54) is 12.7 Å². The van der Waals surface area contributed by atoms with Crippen molar-refractivity contribution in [1.29, 1.82) is 0 Å². The predicted octanol–water partition coefficient (Wildman–Crippen LogP) is 6.04. The number of aromatic nitrogens is 2. The van der Waals surface area contributed by atoms with Gasteiger partial charge in [0.25, 0.3) is 0 Å². The van der Waals surface area contributed by atoms with Gasteiger partial charge in [0.15, 0.2) is 0 Å². The van der Waals surface area contributed by atoms with E-state index in [1.54, 1.807) is 20.4 Å². The van der Waals surface area contributed by atoms with Crippen molar-refractivity contribution in [3.05, 3.63) is 81.5 Å². The average Bonchev–Trinajstić information content (AvgIpc) is 3.52. The van der Waals surface area contributed by atoms with Crippen molar-refractivity contribution in [2.45, 2.75) is 32.4 Å². The molecule has 3 aliphatic heterocycles. The summed E-state index contributed by atoms with van der Waals surface area (Å²) >= 11 is 14.3. The van der Waals surface area contributed by atoms with Gasteiger partial charge in [-0.25, -0.2) is 4.98 Å². The normalized spacial score (nSPS) is 16.9. The van der Waals surface area contributed by atoms with E-state index in [-0.39, 0.29) is 17.3 Å². The first-order chi connectivity index (χ1) is 24.2. The van der Waals surface area contributed by atoms with Crippen LogP contribution in [0.25, 0.3) is 33.6 Å². The van der Waals surface area contributed by atoms with Crippen molar-refractivity contribution in [3.63, 3.8) is 0 Å². The van der Waals surface area contributed by atoms with Crippen LogP contribution in [0.5, 0.6) is 11.6 Å². The lowest BCUT2D eigenvalue weighted by Gasteiger charge is -2.47. The molecule has 3 aliphatic rings. The van der Waals surface area contributed by atoms with E-state index in [2.05, 4.69) is 21.2 Å². The molecular weight excluding hydrogens is 677 g/mol. The Morgan fingerprint density at radius 3 is 2.52 bits per heavy atom. The summed E-state index contributed by atoms with van der Waals surface area (Å²) in [6.07, 6.45) is 3.49. The number of likely N-dealkylation sites (tertiary alicyclic amines) is 1. The van der Waals surface area contributed by atoms with E-state index >= 15 is 0 Å². The van der Waals surface area contributed by atoms with E-state index in [0.29, 0.717) is 59.8 Å². The van der Waals surface area contributed by atoms with Crippen LogP contribution in [0.3, 0.4) is 0 Å². The van der Waals surface area contributed by atoms with Crippen LogP contribution >= 0.6 is 23.2 Å². The molecule has 2 aromatic heterocycles. The summed E-state index contributed by atoms with van der Waals surface area (Å²) in [5.41, 5.74) is 7.75. The maximum Gasteiger partial charge on any atom is 0.306 e. The van der Waals surface area contributed by atoms with Gasteiger partial charge in [0, 0.05) is 97.2 Å². The largest absolute Gasteiger partial charge is 0.496 e. The van der Waals surface area contributed by atoms with Crippen molar-refractivity contribution in [2.24, 2.45) is 5.41 Å².